The molecule has 31 heavy (non-hydrogen) atoms. The molecule has 5 heteroatoms. The maximum atomic E-state index is 5.84. The molecule has 0 atom stereocenters. The highest BCUT2D eigenvalue weighted by molar-refractivity contribution is 5.80. The van der Waals surface area contributed by atoms with Crippen molar-refractivity contribution in [3.63, 3.8) is 0 Å². The van der Waals surface area contributed by atoms with Crippen LogP contribution >= 0.6 is 0 Å². The smallest absolute Gasteiger partial charge is 0.246 e. The maximum absolute atomic E-state index is 5.84. The highest BCUT2D eigenvalue weighted by Gasteiger charge is 2.38. The lowest BCUT2D eigenvalue weighted by Gasteiger charge is -2.22. The predicted molar refractivity (Wildman–Crippen MR) is 121 cm³/mol. The summed E-state index contributed by atoms with van der Waals surface area (Å²) in [5.41, 5.74) is 8.73. The number of nitrogens with zero attached hydrogens (tertiary/aromatic N) is 4. The van der Waals surface area contributed by atoms with Crippen molar-refractivity contribution in [1.29, 1.82) is 0 Å². The van der Waals surface area contributed by atoms with Crippen molar-refractivity contribution < 1.29 is 4.42 Å². The van der Waals surface area contributed by atoms with E-state index in [0.717, 1.165) is 28.1 Å². The molecule has 3 aromatic heterocycles. The second kappa shape index (κ2) is 6.32. The number of rotatable bonds is 2. The zero-order valence-corrected chi connectivity index (χ0v) is 17.5. The van der Waals surface area contributed by atoms with Gasteiger partial charge in [0.1, 0.15) is 11.2 Å². The molecule has 5 aromatic rings. The Kier molecular flexibility index (Phi) is 3.66. The van der Waals surface area contributed by atoms with Crippen LogP contribution in [-0.4, -0.2) is 19.9 Å². The molecule has 0 N–H and O–H groups in total. The fraction of sp³-hybridized carbons (Fsp3) is 0.154. The van der Waals surface area contributed by atoms with Gasteiger partial charge in [-0.3, -0.25) is 4.98 Å². The molecule has 0 saturated carbocycles. The lowest BCUT2D eigenvalue weighted by atomic mass is 9.82. The van der Waals surface area contributed by atoms with E-state index in [1.807, 2.05) is 36.4 Å². The Bertz CT molecular complexity index is 1430. The molecular weight excluding hydrogens is 384 g/mol. The molecule has 150 valence electrons. The van der Waals surface area contributed by atoms with Crippen LogP contribution in [-0.2, 0) is 5.41 Å². The summed E-state index contributed by atoms with van der Waals surface area (Å²) in [7, 11) is 0. The van der Waals surface area contributed by atoms with Crippen molar-refractivity contribution >= 4 is 11.1 Å². The first-order valence-corrected chi connectivity index (χ1v) is 10.3. The first kappa shape index (κ1) is 18.0. The summed E-state index contributed by atoms with van der Waals surface area (Å²) in [6, 6.07) is 20.1. The summed E-state index contributed by atoms with van der Waals surface area (Å²) in [4.78, 5) is 18.9. The van der Waals surface area contributed by atoms with Gasteiger partial charge in [-0.05, 0) is 36.8 Å². The molecular formula is C26H20N4O. The van der Waals surface area contributed by atoms with Gasteiger partial charge in [0.05, 0.1) is 5.69 Å². The van der Waals surface area contributed by atoms with Crippen molar-refractivity contribution in [1.82, 2.24) is 19.9 Å². The number of oxazole rings is 1. The Labute approximate surface area is 179 Å². The molecule has 0 spiro atoms. The number of benzene rings is 2. The van der Waals surface area contributed by atoms with Crippen LogP contribution in [0.15, 0.2) is 71.3 Å². The fourth-order valence-electron chi connectivity index (χ4n) is 4.65. The molecule has 0 saturated heterocycles. The van der Waals surface area contributed by atoms with Gasteiger partial charge in [-0.15, -0.1) is 0 Å². The van der Waals surface area contributed by atoms with Crippen LogP contribution in [0.1, 0.15) is 30.7 Å². The molecule has 0 bridgehead atoms. The quantitative estimate of drug-likeness (QED) is 0.363. The Morgan fingerprint density at radius 1 is 0.839 bits per heavy atom. The SMILES string of the molecule is Cc1nc(-c2ccc(-c3nc4ccccc4o3)nc2)nc2c1C(C)(C)c1ccccc1-2. The molecule has 0 unspecified atom stereocenters. The number of aromatic nitrogens is 4. The summed E-state index contributed by atoms with van der Waals surface area (Å²) in [5.74, 6) is 1.19. The Morgan fingerprint density at radius 2 is 1.65 bits per heavy atom. The van der Waals surface area contributed by atoms with Crippen LogP contribution in [0, 0.1) is 6.92 Å². The van der Waals surface area contributed by atoms with E-state index in [1.54, 1.807) is 6.20 Å². The number of fused-ring (bicyclic) bond motifs is 4. The number of para-hydroxylation sites is 2. The fourth-order valence-corrected chi connectivity index (χ4v) is 4.65. The van der Waals surface area contributed by atoms with Gasteiger partial charge in [0, 0.05) is 34.0 Å². The third-order valence-electron chi connectivity index (χ3n) is 6.11. The van der Waals surface area contributed by atoms with Gasteiger partial charge >= 0.3 is 0 Å². The Balaban J connectivity index is 1.43. The summed E-state index contributed by atoms with van der Waals surface area (Å²) < 4.78 is 5.84. The minimum absolute atomic E-state index is 0.108. The average Bonchev–Trinajstić information content (AvgIpc) is 3.32. The molecule has 1 aliphatic carbocycles. The first-order chi connectivity index (χ1) is 15.0. The standard InChI is InChI=1S/C26H20N4O/c1-15-22-23(17-8-4-5-9-18(17)26(22,2)3)30-24(28-15)16-12-13-20(27-14-16)25-29-19-10-6-7-11-21(19)31-25/h4-14H,1-3H3. The monoisotopic (exact) mass is 404 g/mol. The van der Waals surface area contributed by atoms with Gasteiger partial charge in [-0.2, -0.15) is 0 Å². The molecule has 1 aliphatic rings. The second-order valence-corrected chi connectivity index (χ2v) is 8.45. The van der Waals surface area contributed by atoms with Gasteiger partial charge in [0.25, 0.3) is 0 Å². The van der Waals surface area contributed by atoms with Crippen LogP contribution in [0.2, 0.25) is 0 Å². The summed E-state index contributed by atoms with van der Waals surface area (Å²) >= 11 is 0. The molecule has 6 rings (SSSR count). The van der Waals surface area contributed by atoms with E-state index in [-0.39, 0.29) is 5.41 Å². The van der Waals surface area contributed by atoms with Crippen molar-refractivity contribution in [3.8, 4) is 34.2 Å². The lowest BCUT2D eigenvalue weighted by Crippen LogP contribution is -2.17. The molecule has 0 amide bonds. The minimum Gasteiger partial charge on any atom is -0.435 e. The number of hydrogen-bond donors (Lipinski definition) is 0. The number of hydrogen-bond acceptors (Lipinski definition) is 5. The summed E-state index contributed by atoms with van der Waals surface area (Å²) in [6.07, 6.45) is 1.79. The molecule has 2 aromatic carbocycles. The van der Waals surface area contributed by atoms with Crippen LogP contribution in [0.25, 0.3) is 45.3 Å². The largest absolute Gasteiger partial charge is 0.435 e. The zero-order valence-electron chi connectivity index (χ0n) is 17.5. The van der Waals surface area contributed by atoms with Gasteiger partial charge < -0.3 is 4.42 Å². The molecule has 0 radical (unpaired) electrons. The van der Waals surface area contributed by atoms with Crippen LogP contribution in [0.3, 0.4) is 0 Å². The highest BCUT2D eigenvalue weighted by atomic mass is 16.3. The third kappa shape index (κ3) is 2.63. The van der Waals surface area contributed by atoms with Crippen LogP contribution in [0.5, 0.6) is 0 Å². The lowest BCUT2D eigenvalue weighted by molar-refractivity contribution is 0.617. The zero-order chi connectivity index (χ0) is 21.2. The van der Waals surface area contributed by atoms with Gasteiger partial charge in [-0.1, -0.05) is 50.2 Å². The van der Waals surface area contributed by atoms with E-state index in [9.17, 15) is 0 Å². The highest BCUT2D eigenvalue weighted by Crippen LogP contribution is 2.48. The van der Waals surface area contributed by atoms with Crippen molar-refractivity contribution in [2.24, 2.45) is 0 Å². The minimum atomic E-state index is -0.108. The first-order valence-electron chi connectivity index (χ1n) is 10.3. The van der Waals surface area contributed by atoms with E-state index >= 15 is 0 Å². The van der Waals surface area contributed by atoms with Crippen LogP contribution in [0.4, 0.5) is 0 Å². The predicted octanol–water partition coefficient (Wildman–Crippen LogP) is 5.96. The average molecular weight is 404 g/mol. The summed E-state index contributed by atoms with van der Waals surface area (Å²) in [6.45, 7) is 6.55. The maximum Gasteiger partial charge on any atom is 0.246 e. The molecule has 3 heterocycles. The van der Waals surface area contributed by atoms with Crippen molar-refractivity contribution in [2.75, 3.05) is 0 Å². The van der Waals surface area contributed by atoms with E-state index in [2.05, 4.69) is 55.0 Å². The van der Waals surface area contributed by atoms with E-state index < -0.39 is 0 Å². The van der Waals surface area contributed by atoms with E-state index in [0.29, 0.717) is 17.4 Å². The molecule has 0 aliphatic heterocycles. The summed E-state index contributed by atoms with van der Waals surface area (Å²) in [5, 5.41) is 0. The van der Waals surface area contributed by atoms with Gasteiger partial charge in [0.15, 0.2) is 11.4 Å². The normalized spacial score (nSPS) is 13.9. The van der Waals surface area contributed by atoms with Gasteiger partial charge in [-0.25, -0.2) is 15.0 Å². The Morgan fingerprint density at radius 3 is 2.45 bits per heavy atom. The van der Waals surface area contributed by atoms with Crippen LogP contribution < -0.4 is 0 Å². The third-order valence-corrected chi connectivity index (χ3v) is 6.11. The van der Waals surface area contributed by atoms with Crippen molar-refractivity contribution in [3.05, 3.63) is 83.7 Å². The topological polar surface area (TPSA) is 64.7 Å². The van der Waals surface area contributed by atoms with E-state index in [4.69, 9.17) is 14.4 Å². The van der Waals surface area contributed by atoms with Gasteiger partial charge in [0.2, 0.25) is 5.89 Å². The molecule has 5 nitrogen and oxygen atoms in total. The number of pyridine rings is 1. The van der Waals surface area contributed by atoms with Crippen molar-refractivity contribution in [2.45, 2.75) is 26.2 Å². The van der Waals surface area contributed by atoms with E-state index in [1.165, 1.54) is 16.7 Å². The Hall–Kier alpha value is -3.86. The number of aryl methyl sites for hydroxylation is 1. The second-order valence-electron chi connectivity index (χ2n) is 8.45. The molecule has 0 fully saturated rings.